The third kappa shape index (κ3) is 2.24. The van der Waals surface area contributed by atoms with Crippen molar-refractivity contribution in [2.75, 3.05) is 13.7 Å². The second-order valence-corrected chi connectivity index (χ2v) is 4.26. The van der Waals surface area contributed by atoms with Crippen LogP contribution in [0.2, 0.25) is 0 Å². The van der Waals surface area contributed by atoms with Crippen molar-refractivity contribution in [2.24, 2.45) is 0 Å². The Balaban J connectivity index is 2.83. The molecule has 0 saturated heterocycles. The van der Waals surface area contributed by atoms with Gasteiger partial charge in [0.2, 0.25) is 0 Å². The first-order chi connectivity index (χ1) is 9.07. The van der Waals surface area contributed by atoms with Crippen molar-refractivity contribution in [3.8, 4) is 0 Å². The van der Waals surface area contributed by atoms with E-state index in [1.807, 2.05) is 0 Å². The van der Waals surface area contributed by atoms with Crippen LogP contribution in [0, 0.1) is 6.92 Å². The molecule has 0 spiro atoms. The van der Waals surface area contributed by atoms with Gasteiger partial charge in [0.25, 0.3) is 5.56 Å². The van der Waals surface area contributed by atoms with Crippen LogP contribution in [-0.4, -0.2) is 29.4 Å². The van der Waals surface area contributed by atoms with Crippen LogP contribution >= 0.6 is 0 Å². The molecule has 0 fully saturated rings. The largest absolute Gasteiger partial charge is 0.478 e. The van der Waals surface area contributed by atoms with Crippen LogP contribution in [0.5, 0.6) is 0 Å². The highest BCUT2D eigenvalue weighted by molar-refractivity contribution is 6.04. The zero-order valence-electron chi connectivity index (χ0n) is 10.8. The summed E-state index contributed by atoms with van der Waals surface area (Å²) in [6, 6.07) is 6.76. The van der Waals surface area contributed by atoms with Crippen LogP contribution in [0.25, 0.3) is 10.8 Å². The van der Waals surface area contributed by atoms with Crippen molar-refractivity contribution in [1.82, 2.24) is 4.57 Å². The van der Waals surface area contributed by atoms with Gasteiger partial charge in [-0.1, -0.05) is 18.2 Å². The first-order valence-electron chi connectivity index (χ1n) is 5.92. The minimum absolute atomic E-state index is 0.173. The molecule has 2 rings (SSSR count). The summed E-state index contributed by atoms with van der Waals surface area (Å²) < 4.78 is 6.41. The summed E-state index contributed by atoms with van der Waals surface area (Å²) in [5.74, 6) is -1.03. The highest BCUT2D eigenvalue weighted by Crippen LogP contribution is 2.19. The quantitative estimate of drug-likeness (QED) is 0.908. The average molecular weight is 261 g/mol. The number of aromatic nitrogens is 1. The zero-order chi connectivity index (χ0) is 14.0. The van der Waals surface area contributed by atoms with E-state index in [2.05, 4.69) is 0 Å². The summed E-state index contributed by atoms with van der Waals surface area (Å²) in [7, 11) is 1.54. The Bertz CT molecular complexity index is 688. The molecule has 0 saturated carbocycles. The number of carbonyl (C=O) groups is 1. The van der Waals surface area contributed by atoms with E-state index in [9.17, 15) is 14.7 Å². The molecule has 1 N–H and O–H groups in total. The molecule has 0 aliphatic carbocycles. The van der Waals surface area contributed by atoms with Crippen molar-refractivity contribution in [2.45, 2.75) is 13.5 Å². The Morgan fingerprint density at radius 2 is 1.95 bits per heavy atom. The number of fused-ring (bicyclic) bond motifs is 1. The fraction of sp³-hybridized carbons (Fsp3) is 0.286. The number of benzene rings is 1. The first-order valence-corrected chi connectivity index (χ1v) is 5.92. The maximum absolute atomic E-state index is 12.3. The van der Waals surface area contributed by atoms with Crippen molar-refractivity contribution < 1.29 is 14.6 Å². The highest BCUT2D eigenvalue weighted by atomic mass is 16.5. The Morgan fingerprint density at radius 3 is 2.53 bits per heavy atom. The molecule has 1 heterocycles. The van der Waals surface area contributed by atoms with E-state index < -0.39 is 5.97 Å². The van der Waals surface area contributed by atoms with Crippen LogP contribution in [0.4, 0.5) is 0 Å². The maximum atomic E-state index is 12.3. The molecule has 100 valence electrons. The molecule has 0 aliphatic heterocycles. The minimum Gasteiger partial charge on any atom is -0.478 e. The van der Waals surface area contributed by atoms with Gasteiger partial charge in [0.05, 0.1) is 12.2 Å². The van der Waals surface area contributed by atoms with Crippen molar-refractivity contribution in [1.29, 1.82) is 0 Å². The van der Waals surface area contributed by atoms with Gasteiger partial charge >= 0.3 is 5.97 Å². The molecule has 0 aliphatic rings. The van der Waals surface area contributed by atoms with Gasteiger partial charge < -0.3 is 14.4 Å². The number of nitrogens with zero attached hydrogens (tertiary/aromatic N) is 1. The third-order valence-corrected chi connectivity index (χ3v) is 3.17. The van der Waals surface area contributed by atoms with E-state index in [0.29, 0.717) is 29.6 Å². The second-order valence-electron chi connectivity index (χ2n) is 4.26. The maximum Gasteiger partial charge on any atom is 0.338 e. The van der Waals surface area contributed by atoms with Crippen molar-refractivity contribution in [3.05, 3.63) is 45.9 Å². The molecule has 2 aromatic rings. The summed E-state index contributed by atoms with van der Waals surface area (Å²) in [6.45, 7) is 2.34. The number of rotatable bonds is 4. The van der Waals surface area contributed by atoms with Gasteiger partial charge in [0.1, 0.15) is 0 Å². The Kier molecular flexibility index (Phi) is 3.66. The van der Waals surface area contributed by atoms with E-state index in [4.69, 9.17) is 4.74 Å². The molecule has 0 atom stereocenters. The van der Waals surface area contributed by atoms with E-state index >= 15 is 0 Å². The number of methoxy groups -OCH3 is 1. The Labute approximate surface area is 110 Å². The number of hydrogen-bond donors (Lipinski definition) is 1. The number of ether oxygens (including phenoxy) is 1. The van der Waals surface area contributed by atoms with Crippen LogP contribution < -0.4 is 5.56 Å². The fourth-order valence-corrected chi connectivity index (χ4v) is 2.24. The smallest absolute Gasteiger partial charge is 0.338 e. The molecule has 5 nitrogen and oxygen atoms in total. The summed E-state index contributed by atoms with van der Waals surface area (Å²) in [4.78, 5) is 23.8. The third-order valence-electron chi connectivity index (χ3n) is 3.17. The monoisotopic (exact) mass is 261 g/mol. The first kappa shape index (κ1) is 13.3. The summed E-state index contributed by atoms with van der Waals surface area (Å²) in [5, 5.41) is 10.3. The molecule has 0 radical (unpaired) electrons. The number of carboxylic acid groups (broad SMARTS) is 1. The molecular weight excluding hydrogens is 246 g/mol. The lowest BCUT2D eigenvalue weighted by molar-refractivity contribution is 0.0696. The highest BCUT2D eigenvalue weighted by Gasteiger charge is 2.17. The minimum atomic E-state index is -1.03. The van der Waals surface area contributed by atoms with Gasteiger partial charge in [-0.25, -0.2) is 4.79 Å². The lowest BCUT2D eigenvalue weighted by atomic mass is 10.0. The Morgan fingerprint density at radius 1 is 1.32 bits per heavy atom. The number of carboxylic acids is 1. The van der Waals surface area contributed by atoms with Gasteiger partial charge in [0, 0.05) is 30.1 Å². The van der Waals surface area contributed by atoms with Gasteiger partial charge in [0.15, 0.2) is 0 Å². The number of pyridine rings is 1. The number of hydrogen-bond acceptors (Lipinski definition) is 3. The topological polar surface area (TPSA) is 68.5 Å². The molecule has 19 heavy (non-hydrogen) atoms. The normalized spacial score (nSPS) is 10.8. The predicted octanol–water partition coefficient (Wildman–Crippen LogP) is 1.65. The fourth-order valence-electron chi connectivity index (χ4n) is 2.24. The molecule has 0 amide bonds. The van der Waals surface area contributed by atoms with E-state index in [1.54, 1.807) is 38.3 Å². The van der Waals surface area contributed by atoms with Gasteiger partial charge in [-0.15, -0.1) is 0 Å². The number of aromatic carboxylic acids is 1. The SMILES string of the molecule is COCCn1c(C)c(C(=O)O)c2ccccc2c1=O. The lowest BCUT2D eigenvalue weighted by Crippen LogP contribution is -2.27. The van der Waals surface area contributed by atoms with E-state index in [1.165, 1.54) is 4.57 Å². The summed E-state index contributed by atoms with van der Waals surface area (Å²) in [5.41, 5.74) is 0.440. The second kappa shape index (κ2) is 5.24. The van der Waals surface area contributed by atoms with Crippen LogP contribution in [0.1, 0.15) is 16.1 Å². The van der Waals surface area contributed by atoms with Gasteiger partial charge in [-0.2, -0.15) is 0 Å². The molecular formula is C14H15NO4. The molecule has 0 unspecified atom stereocenters. The van der Waals surface area contributed by atoms with Crippen LogP contribution in [0.15, 0.2) is 29.1 Å². The summed E-state index contributed by atoms with van der Waals surface area (Å²) >= 11 is 0. The van der Waals surface area contributed by atoms with Gasteiger partial charge in [-0.3, -0.25) is 4.79 Å². The molecule has 1 aromatic heterocycles. The summed E-state index contributed by atoms with van der Waals surface area (Å²) in [6.07, 6.45) is 0. The van der Waals surface area contributed by atoms with Crippen molar-refractivity contribution in [3.63, 3.8) is 0 Å². The van der Waals surface area contributed by atoms with Crippen LogP contribution in [0.3, 0.4) is 0 Å². The van der Waals surface area contributed by atoms with E-state index in [0.717, 1.165) is 0 Å². The van der Waals surface area contributed by atoms with Crippen molar-refractivity contribution >= 4 is 16.7 Å². The average Bonchev–Trinajstić information content (AvgIpc) is 2.38. The molecule has 0 bridgehead atoms. The standard InChI is InChI=1S/C14H15NO4/c1-9-12(14(17)18)10-5-3-4-6-11(10)13(16)15(9)7-8-19-2/h3-6H,7-8H2,1-2H3,(H,17,18). The predicted molar refractivity (Wildman–Crippen MR) is 71.8 cm³/mol. The van der Waals surface area contributed by atoms with Gasteiger partial charge in [-0.05, 0) is 13.0 Å². The Hall–Kier alpha value is -2.14. The molecule has 5 heteroatoms. The lowest BCUT2D eigenvalue weighted by Gasteiger charge is -2.14. The van der Waals surface area contributed by atoms with Crippen LogP contribution in [-0.2, 0) is 11.3 Å². The van der Waals surface area contributed by atoms with E-state index in [-0.39, 0.29) is 11.1 Å². The molecule has 1 aromatic carbocycles. The zero-order valence-corrected chi connectivity index (χ0v) is 10.8.